The van der Waals surface area contributed by atoms with E-state index in [1.54, 1.807) is 32.0 Å². The first-order valence-electron chi connectivity index (χ1n) is 13.7. The van der Waals surface area contributed by atoms with Crippen molar-refractivity contribution in [3.8, 4) is 17.2 Å². The van der Waals surface area contributed by atoms with Crippen LogP contribution < -0.4 is 14.4 Å². The highest BCUT2D eigenvalue weighted by Crippen LogP contribution is 2.45. The van der Waals surface area contributed by atoms with Crippen LogP contribution in [0.25, 0.3) is 5.76 Å². The van der Waals surface area contributed by atoms with Crippen LogP contribution in [0.1, 0.15) is 50.6 Å². The Morgan fingerprint density at radius 1 is 1.00 bits per heavy atom. The van der Waals surface area contributed by atoms with Crippen LogP contribution in [0, 0.1) is 13.8 Å². The summed E-state index contributed by atoms with van der Waals surface area (Å²) < 4.78 is 16.4. The molecule has 4 aromatic rings. The zero-order chi connectivity index (χ0) is 31.5. The van der Waals surface area contributed by atoms with Crippen molar-refractivity contribution < 1.29 is 38.8 Å². The number of aliphatic hydroxyl groups is 1. The molecule has 0 saturated carbocycles. The minimum atomic E-state index is -1.15. The lowest BCUT2D eigenvalue weighted by Crippen LogP contribution is -2.29. The van der Waals surface area contributed by atoms with Gasteiger partial charge >= 0.3 is 11.9 Å². The summed E-state index contributed by atoms with van der Waals surface area (Å²) in [5.74, 6) is -2.31. The SMILES string of the molecule is CCOc1cc(C2C(=C(O)c3ccc(OCc4ccccc4)c(C)c3)C(=O)C(=O)N2c2nc(C)c(C(=O)OC)s2)ccc1O. The Balaban J connectivity index is 1.61. The number of amides is 1. The number of phenols is 1. The number of hydrogen-bond acceptors (Lipinski definition) is 10. The maximum absolute atomic E-state index is 13.6. The number of carbonyl (C=O) groups is 3. The van der Waals surface area contributed by atoms with E-state index in [4.69, 9.17) is 14.2 Å². The molecule has 0 aliphatic carbocycles. The van der Waals surface area contributed by atoms with Gasteiger partial charge in [-0.05, 0) is 67.8 Å². The van der Waals surface area contributed by atoms with E-state index < -0.39 is 29.5 Å². The number of hydrogen-bond donors (Lipinski definition) is 2. The first-order chi connectivity index (χ1) is 21.1. The number of carbonyl (C=O) groups excluding carboxylic acids is 3. The van der Waals surface area contributed by atoms with Crippen molar-refractivity contribution in [3.05, 3.63) is 105 Å². The number of esters is 1. The summed E-state index contributed by atoms with van der Waals surface area (Å²) in [7, 11) is 1.24. The van der Waals surface area contributed by atoms with Crippen LogP contribution >= 0.6 is 11.3 Å². The molecule has 44 heavy (non-hydrogen) atoms. The maximum atomic E-state index is 13.6. The van der Waals surface area contributed by atoms with E-state index in [-0.39, 0.29) is 33.7 Å². The Hall–Kier alpha value is -5.16. The molecule has 10 nitrogen and oxygen atoms in total. The molecule has 1 aromatic heterocycles. The second-order valence-corrected chi connectivity index (χ2v) is 11.0. The predicted octanol–water partition coefficient (Wildman–Crippen LogP) is 5.86. The van der Waals surface area contributed by atoms with Crippen molar-refractivity contribution in [2.24, 2.45) is 0 Å². The number of aromatic nitrogens is 1. The fraction of sp³-hybridized carbons (Fsp3) is 0.212. The van der Waals surface area contributed by atoms with Crippen LogP contribution in [0.4, 0.5) is 5.13 Å². The molecule has 226 valence electrons. The highest BCUT2D eigenvalue weighted by atomic mass is 32.1. The minimum Gasteiger partial charge on any atom is -0.507 e. The van der Waals surface area contributed by atoms with Gasteiger partial charge in [0.05, 0.1) is 31.0 Å². The highest BCUT2D eigenvalue weighted by molar-refractivity contribution is 7.17. The third kappa shape index (κ3) is 5.73. The molecule has 11 heteroatoms. The molecule has 0 spiro atoms. The van der Waals surface area contributed by atoms with E-state index in [1.165, 1.54) is 25.3 Å². The van der Waals surface area contributed by atoms with E-state index in [0.717, 1.165) is 21.8 Å². The zero-order valence-electron chi connectivity index (χ0n) is 24.5. The maximum Gasteiger partial charge on any atom is 0.350 e. The molecule has 2 heterocycles. The Morgan fingerprint density at radius 3 is 2.43 bits per heavy atom. The van der Waals surface area contributed by atoms with Crippen molar-refractivity contribution in [2.75, 3.05) is 18.6 Å². The van der Waals surface area contributed by atoms with Crippen molar-refractivity contribution >= 4 is 39.9 Å². The zero-order valence-corrected chi connectivity index (χ0v) is 25.3. The Morgan fingerprint density at radius 2 is 1.75 bits per heavy atom. The molecule has 5 rings (SSSR count). The summed E-state index contributed by atoms with van der Waals surface area (Å²) >= 11 is 0.895. The third-order valence-electron chi connectivity index (χ3n) is 7.09. The molecule has 1 fully saturated rings. The van der Waals surface area contributed by atoms with Gasteiger partial charge in [0.1, 0.15) is 23.0 Å². The number of phenolic OH excluding ortho intramolecular Hbond substituents is 1. The fourth-order valence-electron chi connectivity index (χ4n) is 4.93. The van der Waals surface area contributed by atoms with Crippen molar-refractivity contribution in [2.45, 2.75) is 33.4 Å². The summed E-state index contributed by atoms with van der Waals surface area (Å²) in [4.78, 5) is 45.3. The standard InChI is InChI=1S/C33H30N2O8S/c1-5-42-25-16-21(11-13-23(25)36)27-26(29(38)31(39)35(27)33-34-19(3)30(44-33)32(40)41-4)28(37)22-12-14-24(18(2)15-22)43-17-20-9-7-6-8-10-20/h6-16,27,36-37H,5,17H2,1-4H3. The monoisotopic (exact) mass is 614 g/mol. The lowest BCUT2D eigenvalue weighted by atomic mass is 9.94. The molecule has 1 saturated heterocycles. The van der Waals surface area contributed by atoms with Gasteiger partial charge in [-0.15, -0.1) is 0 Å². The number of methoxy groups -OCH3 is 1. The number of ether oxygens (including phenoxy) is 3. The topological polar surface area (TPSA) is 135 Å². The lowest BCUT2D eigenvalue weighted by Gasteiger charge is -2.23. The van der Waals surface area contributed by atoms with E-state index in [0.29, 0.717) is 34.7 Å². The molecule has 0 bridgehead atoms. The van der Waals surface area contributed by atoms with Gasteiger partial charge < -0.3 is 24.4 Å². The number of nitrogens with zero attached hydrogens (tertiary/aromatic N) is 2. The van der Waals surface area contributed by atoms with E-state index >= 15 is 0 Å². The van der Waals surface area contributed by atoms with Gasteiger partial charge in [-0.1, -0.05) is 47.7 Å². The predicted molar refractivity (Wildman–Crippen MR) is 164 cm³/mol. The molecule has 1 aliphatic rings. The number of aliphatic hydroxyl groups excluding tert-OH is 1. The van der Waals surface area contributed by atoms with Gasteiger partial charge in [0.2, 0.25) is 0 Å². The second-order valence-electron chi connectivity index (χ2n) is 9.99. The molecule has 2 N–H and O–H groups in total. The average Bonchev–Trinajstić information content (AvgIpc) is 3.53. The molecule has 1 unspecified atom stereocenters. The summed E-state index contributed by atoms with van der Waals surface area (Å²) in [5, 5.41) is 22.0. The molecule has 1 atom stereocenters. The van der Waals surface area contributed by atoms with Gasteiger partial charge in [-0.25, -0.2) is 9.78 Å². The summed E-state index contributed by atoms with van der Waals surface area (Å²) in [6, 6.07) is 17.9. The van der Waals surface area contributed by atoms with Crippen LogP contribution in [0.5, 0.6) is 17.2 Å². The Kier molecular flexibility index (Phi) is 8.68. The normalized spacial score (nSPS) is 15.8. The fourth-order valence-corrected chi connectivity index (χ4v) is 5.95. The van der Waals surface area contributed by atoms with Gasteiger partial charge in [0, 0.05) is 5.56 Å². The number of anilines is 1. The van der Waals surface area contributed by atoms with Crippen LogP contribution in [0.15, 0.2) is 72.3 Å². The molecule has 0 radical (unpaired) electrons. The van der Waals surface area contributed by atoms with Crippen LogP contribution in [0.2, 0.25) is 0 Å². The third-order valence-corrected chi connectivity index (χ3v) is 8.23. The number of rotatable bonds is 9. The smallest absolute Gasteiger partial charge is 0.350 e. The number of aromatic hydroxyl groups is 1. The van der Waals surface area contributed by atoms with Crippen LogP contribution in [0.3, 0.4) is 0 Å². The van der Waals surface area contributed by atoms with E-state index in [2.05, 4.69) is 4.98 Å². The summed E-state index contributed by atoms with van der Waals surface area (Å²) in [5.41, 5.74) is 2.50. The van der Waals surface area contributed by atoms with E-state index in [1.807, 2.05) is 37.3 Å². The number of Topliss-reactive ketones (excluding diaryl/α,β-unsaturated/α-hetero) is 1. The van der Waals surface area contributed by atoms with Crippen molar-refractivity contribution in [1.82, 2.24) is 4.98 Å². The summed E-state index contributed by atoms with van der Waals surface area (Å²) in [6.07, 6.45) is 0. The Bertz CT molecular complexity index is 1780. The quantitative estimate of drug-likeness (QED) is 0.103. The lowest BCUT2D eigenvalue weighted by molar-refractivity contribution is -0.132. The Labute approximate surface area is 257 Å². The second kappa shape index (κ2) is 12.6. The van der Waals surface area contributed by atoms with Crippen molar-refractivity contribution in [3.63, 3.8) is 0 Å². The van der Waals surface area contributed by atoms with Gasteiger partial charge in [-0.3, -0.25) is 14.5 Å². The number of thiazole rings is 1. The number of aryl methyl sites for hydroxylation is 2. The van der Waals surface area contributed by atoms with E-state index in [9.17, 15) is 24.6 Å². The first-order valence-corrected chi connectivity index (χ1v) is 14.6. The number of benzene rings is 3. The van der Waals surface area contributed by atoms with Gasteiger partial charge in [0.15, 0.2) is 16.6 Å². The van der Waals surface area contributed by atoms with Crippen molar-refractivity contribution in [1.29, 1.82) is 0 Å². The average molecular weight is 615 g/mol. The molecular weight excluding hydrogens is 584 g/mol. The first kappa shape index (κ1) is 30.3. The summed E-state index contributed by atoms with van der Waals surface area (Å²) in [6.45, 7) is 5.76. The highest BCUT2D eigenvalue weighted by Gasteiger charge is 2.48. The van der Waals surface area contributed by atoms with Crippen LogP contribution in [-0.4, -0.2) is 46.6 Å². The molecule has 3 aromatic carbocycles. The van der Waals surface area contributed by atoms with Gasteiger partial charge in [-0.2, -0.15) is 0 Å². The minimum absolute atomic E-state index is 0.0703. The number of ketones is 1. The van der Waals surface area contributed by atoms with Crippen LogP contribution in [-0.2, 0) is 20.9 Å². The molecule has 1 amide bonds. The molecular formula is C33H30N2O8S. The largest absolute Gasteiger partial charge is 0.507 e. The van der Waals surface area contributed by atoms with Gasteiger partial charge in [0.25, 0.3) is 5.78 Å². The molecule has 1 aliphatic heterocycles.